The van der Waals surface area contributed by atoms with E-state index >= 15 is 0 Å². The lowest BCUT2D eigenvalue weighted by molar-refractivity contribution is 0.0846. The van der Waals surface area contributed by atoms with E-state index in [9.17, 15) is 14.4 Å². The van der Waals surface area contributed by atoms with E-state index < -0.39 is 11.8 Å². The average Bonchev–Trinajstić information content (AvgIpc) is 2.81. The SMILES string of the molecule is Cc1cccc(C(=O)Nc2ccc(C(=O)NNC(=O)c3ccc(OCC(C)C)c(Br)c3)cc2)c1. The summed E-state index contributed by atoms with van der Waals surface area (Å²) in [6.45, 7) is 6.58. The highest BCUT2D eigenvalue weighted by Crippen LogP contribution is 2.26. The lowest BCUT2D eigenvalue weighted by Crippen LogP contribution is -2.41. The molecule has 0 saturated heterocycles. The second kappa shape index (κ2) is 11.5. The number of hydrogen-bond acceptors (Lipinski definition) is 4. The van der Waals surface area contributed by atoms with Crippen LogP contribution in [0.2, 0.25) is 0 Å². The van der Waals surface area contributed by atoms with Gasteiger partial charge in [-0.25, -0.2) is 0 Å². The Morgan fingerprint density at radius 3 is 2.06 bits per heavy atom. The number of aryl methyl sites for hydroxylation is 1. The minimum Gasteiger partial charge on any atom is -0.492 e. The zero-order valence-electron chi connectivity index (χ0n) is 19.1. The number of nitrogens with one attached hydrogen (secondary N) is 3. The molecule has 0 aliphatic rings. The quantitative estimate of drug-likeness (QED) is 0.374. The molecule has 3 rings (SSSR count). The zero-order valence-corrected chi connectivity index (χ0v) is 20.7. The van der Waals surface area contributed by atoms with Gasteiger partial charge in [0.25, 0.3) is 17.7 Å². The molecule has 0 spiro atoms. The van der Waals surface area contributed by atoms with E-state index in [1.807, 2.05) is 32.9 Å². The van der Waals surface area contributed by atoms with Crippen LogP contribution in [0.4, 0.5) is 5.69 Å². The normalized spacial score (nSPS) is 10.5. The topological polar surface area (TPSA) is 96.5 Å². The minimum absolute atomic E-state index is 0.236. The Kier molecular flexibility index (Phi) is 8.43. The van der Waals surface area contributed by atoms with Crippen molar-refractivity contribution in [2.24, 2.45) is 5.92 Å². The number of benzene rings is 3. The van der Waals surface area contributed by atoms with E-state index in [-0.39, 0.29) is 5.91 Å². The summed E-state index contributed by atoms with van der Waals surface area (Å²) in [4.78, 5) is 37.2. The fourth-order valence-electron chi connectivity index (χ4n) is 2.97. The smallest absolute Gasteiger partial charge is 0.269 e. The van der Waals surface area contributed by atoms with Crippen LogP contribution in [0.15, 0.2) is 71.2 Å². The van der Waals surface area contributed by atoms with E-state index in [4.69, 9.17) is 4.74 Å². The molecule has 3 aromatic rings. The maximum absolute atomic E-state index is 12.4. The van der Waals surface area contributed by atoms with Crippen LogP contribution in [0.25, 0.3) is 0 Å². The predicted molar refractivity (Wildman–Crippen MR) is 135 cm³/mol. The fraction of sp³-hybridized carbons (Fsp3) is 0.192. The molecular weight excluding hydrogens is 498 g/mol. The maximum atomic E-state index is 12.4. The molecule has 34 heavy (non-hydrogen) atoms. The average molecular weight is 524 g/mol. The molecule has 176 valence electrons. The monoisotopic (exact) mass is 523 g/mol. The van der Waals surface area contributed by atoms with E-state index in [0.717, 1.165) is 5.56 Å². The van der Waals surface area contributed by atoms with Gasteiger partial charge in [0.1, 0.15) is 5.75 Å². The highest BCUT2D eigenvalue weighted by molar-refractivity contribution is 9.10. The highest BCUT2D eigenvalue weighted by atomic mass is 79.9. The summed E-state index contributed by atoms with van der Waals surface area (Å²) in [5.74, 6) is -0.167. The standard InChI is InChI=1S/C26H26BrN3O4/c1-16(2)15-34-23-12-9-20(14-22(23)27)26(33)30-29-25(32)18-7-10-21(11-8-18)28-24(31)19-6-4-5-17(3)13-19/h4-14,16H,15H2,1-3H3,(H,28,31)(H,29,32)(H,30,33). The molecule has 0 bridgehead atoms. The second-order valence-electron chi connectivity index (χ2n) is 8.16. The first kappa shape index (κ1) is 25.0. The summed E-state index contributed by atoms with van der Waals surface area (Å²) in [5, 5.41) is 2.79. The van der Waals surface area contributed by atoms with Crippen molar-refractivity contribution in [3.63, 3.8) is 0 Å². The lowest BCUT2D eigenvalue weighted by Gasteiger charge is -2.12. The Labute approximate surface area is 207 Å². The molecule has 8 heteroatoms. The molecule has 0 atom stereocenters. The van der Waals surface area contributed by atoms with Crippen molar-refractivity contribution < 1.29 is 19.1 Å². The van der Waals surface area contributed by atoms with Crippen molar-refractivity contribution >= 4 is 39.3 Å². The molecular formula is C26H26BrN3O4. The van der Waals surface area contributed by atoms with Gasteiger partial charge in [0.2, 0.25) is 0 Å². The van der Waals surface area contributed by atoms with Crippen molar-refractivity contribution in [1.29, 1.82) is 0 Å². The van der Waals surface area contributed by atoms with Gasteiger partial charge in [-0.3, -0.25) is 25.2 Å². The first-order valence-corrected chi connectivity index (χ1v) is 11.5. The highest BCUT2D eigenvalue weighted by Gasteiger charge is 2.12. The molecule has 7 nitrogen and oxygen atoms in total. The third-order valence-electron chi connectivity index (χ3n) is 4.74. The van der Waals surface area contributed by atoms with Crippen LogP contribution in [0.5, 0.6) is 5.75 Å². The molecule has 3 aromatic carbocycles. The number of hydrogen-bond donors (Lipinski definition) is 3. The number of carbonyl (C=O) groups is 3. The Hall–Kier alpha value is -3.65. The molecule has 0 aliphatic carbocycles. The summed E-state index contributed by atoms with van der Waals surface area (Å²) in [6, 6.07) is 18.6. The van der Waals surface area contributed by atoms with E-state index in [0.29, 0.717) is 45.1 Å². The summed E-state index contributed by atoms with van der Waals surface area (Å²) in [6.07, 6.45) is 0. The second-order valence-corrected chi connectivity index (χ2v) is 9.01. The van der Waals surface area contributed by atoms with Gasteiger partial charge in [0, 0.05) is 22.4 Å². The number of carbonyl (C=O) groups excluding carboxylic acids is 3. The van der Waals surface area contributed by atoms with Crippen LogP contribution >= 0.6 is 15.9 Å². The van der Waals surface area contributed by atoms with Crippen molar-refractivity contribution in [3.05, 3.63) is 93.5 Å². The molecule has 0 aliphatic heterocycles. The lowest BCUT2D eigenvalue weighted by atomic mass is 10.1. The van der Waals surface area contributed by atoms with Crippen molar-refractivity contribution in [1.82, 2.24) is 10.9 Å². The van der Waals surface area contributed by atoms with Crippen molar-refractivity contribution in [2.75, 3.05) is 11.9 Å². The van der Waals surface area contributed by atoms with Gasteiger partial charge in [0.15, 0.2) is 0 Å². The van der Waals surface area contributed by atoms with E-state index in [2.05, 4.69) is 32.1 Å². The summed E-state index contributed by atoms with van der Waals surface area (Å²) in [7, 11) is 0. The molecule has 0 saturated carbocycles. The third kappa shape index (κ3) is 6.92. The number of rotatable bonds is 7. The Morgan fingerprint density at radius 2 is 1.44 bits per heavy atom. The third-order valence-corrected chi connectivity index (χ3v) is 5.36. The Morgan fingerprint density at radius 1 is 0.824 bits per heavy atom. The van der Waals surface area contributed by atoms with Crippen LogP contribution in [0, 0.1) is 12.8 Å². The first-order valence-electron chi connectivity index (χ1n) is 10.7. The van der Waals surface area contributed by atoms with E-state index in [1.54, 1.807) is 54.6 Å². The maximum Gasteiger partial charge on any atom is 0.269 e. The van der Waals surface area contributed by atoms with Crippen LogP contribution in [0.3, 0.4) is 0 Å². The summed E-state index contributed by atoms with van der Waals surface area (Å²) >= 11 is 3.40. The van der Waals surface area contributed by atoms with Gasteiger partial charge in [-0.15, -0.1) is 0 Å². The van der Waals surface area contributed by atoms with Crippen LogP contribution < -0.4 is 20.9 Å². The van der Waals surface area contributed by atoms with Gasteiger partial charge in [-0.2, -0.15) is 0 Å². The predicted octanol–water partition coefficient (Wildman–Crippen LogP) is 5.12. The van der Waals surface area contributed by atoms with Crippen LogP contribution in [-0.4, -0.2) is 24.3 Å². The number of amides is 3. The number of halogens is 1. The Bertz CT molecular complexity index is 1190. The minimum atomic E-state index is -0.485. The van der Waals surface area contributed by atoms with Gasteiger partial charge in [-0.05, 0) is 83.4 Å². The van der Waals surface area contributed by atoms with Crippen LogP contribution in [-0.2, 0) is 0 Å². The van der Waals surface area contributed by atoms with Crippen molar-refractivity contribution in [2.45, 2.75) is 20.8 Å². The molecule has 3 amide bonds. The summed E-state index contributed by atoms with van der Waals surface area (Å²) in [5.41, 5.74) is 7.57. The fourth-order valence-corrected chi connectivity index (χ4v) is 3.46. The van der Waals surface area contributed by atoms with E-state index in [1.165, 1.54) is 0 Å². The molecule has 0 radical (unpaired) electrons. The number of hydrazine groups is 1. The number of anilines is 1. The van der Waals surface area contributed by atoms with Crippen molar-refractivity contribution in [3.8, 4) is 5.75 Å². The van der Waals surface area contributed by atoms with Gasteiger partial charge < -0.3 is 10.1 Å². The van der Waals surface area contributed by atoms with Crippen LogP contribution in [0.1, 0.15) is 50.5 Å². The van der Waals surface area contributed by atoms with Gasteiger partial charge in [-0.1, -0.05) is 31.5 Å². The zero-order chi connectivity index (χ0) is 24.7. The number of ether oxygens (including phenoxy) is 1. The Balaban J connectivity index is 1.54. The largest absolute Gasteiger partial charge is 0.492 e. The molecule has 3 N–H and O–H groups in total. The molecule has 0 unspecified atom stereocenters. The summed E-state index contributed by atoms with van der Waals surface area (Å²) < 4.78 is 6.33. The van der Waals surface area contributed by atoms with Gasteiger partial charge in [0.05, 0.1) is 11.1 Å². The molecule has 0 heterocycles. The molecule has 0 aromatic heterocycles. The molecule has 0 fully saturated rings. The first-order chi connectivity index (χ1) is 16.2. The van der Waals surface area contributed by atoms with Gasteiger partial charge >= 0.3 is 0 Å².